The summed E-state index contributed by atoms with van der Waals surface area (Å²) in [5.74, 6) is 0.926. The molecule has 0 radical (unpaired) electrons. The third-order valence-electron chi connectivity index (χ3n) is 8.20. The van der Waals surface area contributed by atoms with Gasteiger partial charge in [0.25, 0.3) is 0 Å². The highest BCUT2D eigenvalue weighted by molar-refractivity contribution is 7.80. The molecule has 33 heavy (non-hydrogen) atoms. The standard InChI is InChI=1S/C26H34F3N3S/c27-26(28,29)19-10-9-13-21(18-19)32-23(30-20-11-3-1-4-12-20)22(31-16-7-8-17-31)25(24(32)33)14-5-2-6-15-25/h9-10,13,18,20,22H,1-8,11-12,14-17H2. The maximum absolute atomic E-state index is 13.6. The average molecular weight is 478 g/mol. The van der Waals surface area contributed by atoms with E-state index in [1.54, 1.807) is 6.07 Å². The van der Waals surface area contributed by atoms with Crippen molar-refractivity contribution in [2.45, 2.75) is 95.3 Å². The molecule has 2 saturated carbocycles. The SMILES string of the molecule is FC(F)(F)c1cccc(N2C(=S)C3(CCCCC3)C(N3CCCC3)C2=NC2CCCCC2)c1. The van der Waals surface area contributed by atoms with Crippen LogP contribution in [0.1, 0.15) is 82.6 Å². The van der Waals surface area contributed by atoms with E-state index in [-0.39, 0.29) is 17.5 Å². The van der Waals surface area contributed by atoms with E-state index in [1.807, 2.05) is 4.90 Å². The minimum absolute atomic E-state index is 0.0873. The van der Waals surface area contributed by atoms with Gasteiger partial charge in [-0.3, -0.25) is 14.8 Å². The van der Waals surface area contributed by atoms with Crippen molar-refractivity contribution in [1.82, 2.24) is 4.90 Å². The van der Waals surface area contributed by atoms with Crippen LogP contribution in [0.25, 0.3) is 0 Å². The number of hydrogen-bond acceptors (Lipinski definition) is 3. The van der Waals surface area contributed by atoms with E-state index >= 15 is 0 Å². The molecule has 0 aromatic heterocycles. The fourth-order valence-corrected chi connectivity index (χ4v) is 7.11. The van der Waals surface area contributed by atoms with Crippen LogP contribution in [0.2, 0.25) is 0 Å². The Morgan fingerprint density at radius 1 is 0.909 bits per heavy atom. The van der Waals surface area contributed by atoms with Gasteiger partial charge in [-0.2, -0.15) is 13.2 Å². The van der Waals surface area contributed by atoms with Crippen LogP contribution >= 0.6 is 12.2 Å². The molecule has 1 spiro atoms. The zero-order valence-electron chi connectivity index (χ0n) is 19.2. The number of thiocarbonyl (C=S) groups is 1. The molecule has 2 aliphatic carbocycles. The predicted molar refractivity (Wildman–Crippen MR) is 131 cm³/mol. The normalized spacial score (nSPS) is 28.3. The molecule has 5 rings (SSSR count). The maximum Gasteiger partial charge on any atom is 0.416 e. The van der Waals surface area contributed by atoms with Gasteiger partial charge in [-0.1, -0.05) is 56.8 Å². The van der Waals surface area contributed by atoms with Gasteiger partial charge in [0.1, 0.15) is 5.84 Å². The molecular formula is C26H34F3N3S. The average Bonchev–Trinajstić information content (AvgIpc) is 3.41. The first kappa shape index (κ1) is 23.3. The largest absolute Gasteiger partial charge is 0.416 e. The topological polar surface area (TPSA) is 18.8 Å². The van der Waals surface area contributed by atoms with Crippen LogP contribution in [0.3, 0.4) is 0 Å². The molecule has 2 saturated heterocycles. The lowest BCUT2D eigenvalue weighted by molar-refractivity contribution is -0.137. The zero-order valence-corrected chi connectivity index (χ0v) is 20.1. The Kier molecular flexibility index (Phi) is 6.55. The number of benzene rings is 1. The fraction of sp³-hybridized carbons (Fsp3) is 0.692. The Hall–Kier alpha value is -1.47. The maximum atomic E-state index is 13.6. The van der Waals surface area contributed by atoms with Crippen LogP contribution in [0.4, 0.5) is 18.9 Å². The van der Waals surface area contributed by atoms with Crippen molar-refractivity contribution >= 4 is 28.7 Å². The number of rotatable bonds is 3. The number of anilines is 1. The summed E-state index contributed by atoms with van der Waals surface area (Å²) in [5.41, 5.74) is -0.294. The summed E-state index contributed by atoms with van der Waals surface area (Å²) >= 11 is 6.19. The van der Waals surface area contributed by atoms with Crippen molar-refractivity contribution in [3.05, 3.63) is 29.8 Å². The molecule has 0 N–H and O–H groups in total. The molecule has 1 atom stereocenters. The first-order valence-corrected chi connectivity index (χ1v) is 13.1. The molecule has 2 heterocycles. The van der Waals surface area contributed by atoms with E-state index < -0.39 is 11.7 Å². The van der Waals surface area contributed by atoms with Crippen LogP contribution in [-0.4, -0.2) is 40.9 Å². The highest BCUT2D eigenvalue weighted by Gasteiger charge is 2.58. The molecule has 3 nitrogen and oxygen atoms in total. The second-order valence-corrected chi connectivity index (χ2v) is 10.7. The molecule has 1 aromatic rings. The summed E-state index contributed by atoms with van der Waals surface area (Å²) in [6.07, 6.45) is 9.14. The number of amidine groups is 1. The van der Waals surface area contributed by atoms with E-state index in [0.717, 1.165) is 68.5 Å². The Labute approximate surface area is 200 Å². The van der Waals surface area contributed by atoms with Gasteiger partial charge in [-0.15, -0.1) is 0 Å². The number of halogens is 3. The minimum Gasteiger partial charge on any atom is -0.293 e. The van der Waals surface area contributed by atoms with E-state index in [9.17, 15) is 13.2 Å². The van der Waals surface area contributed by atoms with Crippen molar-refractivity contribution < 1.29 is 13.2 Å². The third-order valence-corrected chi connectivity index (χ3v) is 8.79. The highest BCUT2D eigenvalue weighted by Crippen LogP contribution is 2.51. The van der Waals surface area contributed by atoms with Gasteiger partial charge in [0.15, 0.2) is 0 Å². The first-order valence-electron chi connectivity index (χ1n) is 12.7. The second-order valence-electron chi connectivity index (χ2n) is 10.3. The summed E-state index contributed by atoms with van der Waals surface area (Å²) < 4.78 is 40.8. The summed E-state index contributed by atoms with van der Waals surface area (Å²) in [4.78, 5) is 10.7. The molecule has 4 aliphatic rings. The smallest absolute Gasteiger partial charge is 0.293 e. The molecule has 4 fully saturated rings. The van der Waals surface area contributed by atoms with Crippen LogP contribution in [-0.2, 0) is 6.18 Å². The van der Waals surface area contributed by atoms with Gasteiger partial charge in [-0.05, 0) is 69.8 Å². The second kappa shape index (κ2) is 9.29. The van der Waals surface area contributed by atoms with Crippen molar-refractivity contribution in [2.75, 3.05) is 18.0 Å². The number of alkyl halides is 3. The molecule has 2 aliphatic heterocycles. The Bertz CT molecular complexity index is 894. The van der Waals surface area contributed by atoms with Crippen LogP contribution in [0.5, 0.6) is 0 Å². The van der Waals surface area contributed by atoms with Gasteiger partial charge in [0.2, 0.25) is 0 Å². The van der Waals surface area contributed by atoms with Crippen molar-refractivity contribution in [2.24, 2.45) is 10.4 Å². The van der Waals surface area contributed by atoms with E-state index in [2.05, 4.69) is 4.90 Å². The summed E-state index contributed by atoms with van der Waals surface area (Å²) in [6, 6.07) is 6.04. The van der Waals surface area contributed by atoms with Crippen LogP contribution < -0.4 is 4.90 Å². The molecule has 180 valence electrons. The van der Waals surface area contributed by atoms with Gasteiger partial charge in [0.05, 0.1) is 22.6 Å². The van der Waals surface area contributed by atoms with Gasteiger partial charge >= 0.3 is 6.18 Å². The van der Waals surface area contributed by atoms with Crippen molar-refractivity contribution in [3.8, 4) is 0 Å². The molecule has 7 heteroatoms. The number of likely N-dealkylation sites (tertiary alicyclic amines) is 1. The molecule has 1 unspecified atom stereocenters. The highest BCUT2D eigenvalue weighted by atomic mass is 32.1. The van der Waals surface area contributed by atoms with E-state index in [0.29, 0.717) is 5.69 Å². The Morgan fingerprint density at radius 2 is 1.58 bits per heavy atom. The number of hydrogen-bond donors (Lipinski definition) is 0. The van der Waals surface area contributed by atoms with Crippen LogP contribution in [0.15, 0.2) is 29.3 Å². The zero-order chi connectivity index (χ0) is 23.1. The van der Waals surface area contributed by atoms with Crippen molar-refractivity contribution in [1.29, 1.82) is 0 Å². The molecule has 1 aromatic carbocycles. The quantitative estimate of drug-likeness (QED) is 0.437. The lowest BCUT2D eigenvalue weighted by Crippen LogP contribution is -2.50. The van der Waals surface area contributed by atoms with Gasteiger partial charge in [0, 0.05) is 11.1 Å². The molecule has 0 amide bonds. The number of nitrogens with zero attached hydrogens (tertiary/aromatic N) is 3. The predicted octanol–water partition coefficient (Wildman–Crippen LogP) is 7.00. The lowest BCUT2D eigenvalue weighted by Gasteiger charge is -2.41. The van der Waals surface area contributed by atoms with Gasteiger partial charge in [-0.25, -0.2) is 0 Å². The first-order chi connectivity index (χ1) is 15.9. The molecule has 0 bridgehead atoms. The Balaban J connectivity index is 1.64. The van der Waals surface area contributed by atoms with E-state index in [1.165, 1.54) is 50.7 Å². The summed E-state index contributed by atoms with van der Waals surface area (Å²) in [6.45, 7) is 2.05. The summed E-state index contributed by atoms with van der Waals surface area (Å²) in [7, 11) is 0. The Morgan fingerprint density at radius 3 is 2.24 bits per heavy atom. The van der Waals surface area contributed by atoms with Crippen molar-refractivity contribution in [3.63, 3.8) is 0 Å². The number of aliphatic imine (C=N–C) groups is 1. The van der Waals surface area contributed by atoms with Crippen LogP contribution in [0, 0.1) is 5.41 Å². The molecular weight excluding hydrogens is 443 g/mol. The lowest BCUT2D eigenvalue weighted by atomic mass is 9.70. The minimum atomic E-state index is -4.38. The van der Waals surface area contributed by atoms with E-state index in [4.69, 9.17) is 17.2 Å². The summed E-state index contributed by atoms with van der Waals surface area (Å²) in [5, 5.41) is 0. The fourth-order valence-electron chi connectivity index (χ4n) is 6.59. The monoisotopic (exact) mass is 477 g/mol. The third kappa shape index (κ3) is 4.36. The van der Waals surface area contributed by atoms with Gasteiger partial charge < -0.3 is 0 Å².